The number of aliphatic hydroxyl groups is 1. The smallest absolute Gasteiger partial charge is 0.0700 e. The highest BCUT2D eigenvalue weighted by atomic mass is 16.3. The van der Waals surface area contributed by atoms with Crippen molar-refractivity contribution in [2.24, 2.45) is 13.0 Å². The summed E-state index contributed by atoms with van der Waals surface area (Å²) in [6.07, 6.45) is 7.76. The van der Waals surface area contributed by atoms with E-state index in [1.807, 2.05) is 11.7 Å². The molecule has 0 bridgehead atoms. The first-order valence-electron chi connectivity index (χ1n) is 7.51. The number of fused-ring (bicyclic) bond motifs is 1. The molecule has 1 saturated carbocycles. The molecular weight excluding hydrogens is 238 g/mol. The molecule has 1 aromatic rings. The molecule has 4 nitrogen and oxygen atoms in total. The number of aromatic nitrogens is 2. The molecule has 3 rings (SSSR count). The van der Waals surface area contributed by atoms with Crippen LogP contribution >= 0.6 is 0 Å². The van der Waals surface area contributed by atoms with Gasteiger partial charge in [0.2, 0.25) is 0 Å². The van der Waals surface area contributed by atoms with Crippen molar-refractivity contribution >= 4 is 0 Å². The van der Waals surface area contributed by atoms with Crippen molar-refractivity contribution in [2.45, 2.75) is 51.2 Å². The number of nitrogens with zero attached hydrogens (tertiary/aromatic N) is 3. The minimum absolute atomic E-state index is 0.362. The van der Waals surface area contributed by atoms with Crippen LogP contribution < -0.4 is 0 Å². The molecule has 2 atom stereocenters. The number of likely N-dealkylation sites (tertiary alicyclic amines) is 1. The van der Waals surface area contributed by atoms with Gasteiger partial charge >= 0.3 is 0 Å². The van der Waals surface area contributed by atoms with Crippen molar-refractivity contribution < 1.29 is 5.11 Å². The molecule has 1 N–H and O–H groups in total. The molecule has 2 fully saturated rings. The molecule has 2 unspecified atom stereocenters. The molecule has 4 heteroatoms. The molecule has 0 amide bonds. The van der Waals surface area contributed by atoms with Gasteiger partial charge in [0.15, 0.2) is 0 Å². The number of piperidine rings is 1. The maximum atomic E-state index is 10.7. The van der Waals surface area contributed by atoms with E-state index in [0.717, 1.165) is 38.2 Å². The van der Waals surface area contributed by atoms with Crippen LogP contribution in [0.2, 0.25) is 0 Å². The van der Waals surface area contributed by atoms with Crippen LogP contribution in [0.15, 0.2) is 6.20 Å². The Morgan fingerprint density at radius 1 is 1.42 bits per heavy atom. The summed E-state index contributed by atoms with van der Waals surface area (Å²) in [7, 11) is 1.98. The third-order valence-electron chi connectivity index (χ3n) is 5.02. The Morgan fingerprint density at radius 3 is 3.00 bits per heavy atom. The maximum absolute atomic E-state index is 10.7. The molecule has 2 heterocycles. The van der Waals surface area contributed by atoms with Crippen molar-refractivity contribution in [1.82, 2.24) is 14.7 Å². The lowest BCUT2D eigenvalue weighted by Crippen LogP contribution is -2.52. The summed E-state index contributed by atoms with van der Waals surface area (Å²) in [6, 6.07) is 0. The fourth-order valence-electron chi connectivity index (χ4n) is 3.83. The Hall–Kier alpha value is -0.870. The average molecular weight is 263 g/mol. The van der Waals surface area contributed by atoms with Gasteiger partial charge in [0.05, 0.1) is 11.3 Å². The Bertz CT molecular complexity index is 456. The third-order valence-corrected chi connectivity index (χ3v) is 5.02. The maximum Gasteiger partial charge on any atom is 0.0700 e. The van der Waals surface area contributed by atoms with E-state index in [1.165, 1.54) is 24.8 Å². The van der Waals surface area contributed by atoms with E-state index in [0.29, 0.717) is 5.92 Å². The van der Waals surface area contributed by atoms with Gasteiger partial charge in [-0.15, -0.1) is 0 Å². The Labute approximate surface area is 115 Å². The summed E-state index contributed by atoms with van der Waals surface area (Å²) in [4.78, 5) is 2.49. The molecule has 1 saturated heterocycles. The molecule has 19 heavy (non-hydrogen) atoms. The Kier molecular flexibility index (Phi) is 3.39. The Morgan fingerprint density at radius 2 is 2.26 bits per heavy atom. The first-order valence-corrected chi connectivity index (χ1v) is 7.51. The first-order chi connectivity index (χ1) is 9.07. The van der Waals surface area contributed by atoms with Crippen LogP contribution in [0, 0.1) is 12.8 Å². The summed E-state index contributed by atoms with van der Waals surface area (Å²) in [5.41, 5.74) is 2.09. The number of hydrogen-bond donors (Lipinski definition) is 1. The lowest BCUT2D eigenvalue weighted by molar-refractivity contribution is -0.0968. The van der Waals surface area contributed by atoms with E-state index in [1.54, 1.807) is 0 Å². The van der Waals surface area contributed by atoms with Gasteiger partial charge in [0.1, 0.15) is 0 Å². The van der Waals surface area contributed by atoms with Gasteiger partial charge in [-0.05, 0) is 26.2 Å². The minimum atomic E-state index is -0.362. The predicted molar refractivity (Wildman–Crippen MR) is 74.7 cm³/mol. The zero-order chi connectivity index (χ0) is 13.5. The van der Waals surface area contributed by atoms with E-state index in [9.17, 15) is 5.11 Å². The second-order valence-electron chi connectivity index (χ2n) is 6.44. The summed E-state index contributed by atoms with van der Waals surface area (Å²) in [6.45, 7) is 5.12. The topological polar surface area (TPSA) is 41.3 Å². The van der Waals surface area contributed by atoms with Crippen molar-refractivity contribution in [3.63, 3.8) is 0 Å². The van der Waals surface area contributed by atoms with Crippen LogP contribution in [0.1, 0.15) is 43.4 Å². The van der Waals surface area contributed by atoms with Gasteiger partial charge in [0, 0.05) is 44.4 Å². The summed E-state index contributed by atoms with van der Waals surface area (Å²) in [5.74, 6) is 0.479. The van der Waals surface area contributed by atoms with Crippen molar-refractivity contribution in [3.8, 4) is 0 Å². The first kappa shape index (κ1) is 13.1. The highest BCUT2D eigenvalue weighted by Gasteiger charge is 2.42. The SMILES string of the molecule is Cc1nn(C)cc1CN1CCC2(O)CCCCC2C1. The van der Waals surface area contributed by atoms with Gasteiger partial charge < -0.3 is 5.11 Å². The molecular formula is C15H25N3O. The molecule has 1 aromatic heterocycles. The fraction of sp³-hybridized carbons (Fsp3) is 0.800. The van der Waals surface area contributed by atoms with Gasteiger partial charge in [-0.3, -0.25) is 9.58 Å². The summed E-state index contributed by atoms with van der Waals surface area (Å²) < 4.78 is 1.89. The van der Waals surface area contributed by atoms with Crippen LogP contribution in [0.5, 0.6) is 0 Å². The number of hydrogen-bond acceptors (Lipinski definition) is 3. The number of aryl methyl sites for hydroxylation is 2. The molecule has 106 valence electrons. The van der Waals surface area contributed by atoms with Gasteiger partial charge in [-0.2, -0.15) is 5.10 Å². The minimum Gasteiger partial charge on any atom is -0.390 e. The van der Waals surface area contributed by atoms with Crippen LogP contribution in [0.3, 0.4) is 0 Å². The molecule has 0 aromatic carbocycles. The van der Waals surface area contributed by atoms with Crippen LogP contribution in [-0.2, 0) is 13.6 Å². The van der Waals surface area contributed by atoms with E-state index in [2.05, 4.69) is 23.1 Å². The van der Waals surface area contributed by atoms with E-state index in [-0.39, 0.29) is 5.60 Å². The fourth-order valence-corrected chi connectivity index (χ4v) is 3.83. The third kappa shape index (κ3) is 2.56. The zero-order valence-electron chi connectivity index (χ0n) is 12.1. The lowest BCUT2D eigenvalue weighted by Gasteiger charge is -2.47. The largest absolute Gasteiger partial charge is 0.390 e. The summed E-state index contributed by atoms with van der Waals surface area (Å²) >= 11 is 0. The highest BCUT2D eigenvalue weighted by molar-refractivity contribution is 5.15. The van der Waals surface area contributed by atoms with Crippen LogP contribution in [0.4, 0.5) is 0 Å². The second kappa shape index (κ2) is 4.91. The molecule has 1 aliphatic carbocycles. The van der Waals surface area contributed by atoms with Crippen molar-refractivity contribution in [3.05, 3.63) is 17.5 Å². The quantitative estimate of drug-likeness (QED) is 0.885. The highest BCUT2D eigenvalue weighted by Crippen LogP contribution is 2.40. The molecule has 0 radical (unpaired) electrons. The average Bonchev–Trinajstić information content (AvgIpc) is 2.68. The van der Waals surface area contributed by atoms with Crippen molar-refractivity contribution in [1.29, 1.82) is 0 Å². The normalized spacial score (nSPS) is 32.3. The standard InChI is InChI=1S/C15H25N3O/c1-12-13(9-17(2)16-12)10-18-8-7-15(19)6-4-3-5-14(15)11-18/h9,14,19H,3-8,10-11H2,1-2H3. The number of rotatable bonds is 2. The molecule has 2 aliphatic rings. The van der Waals surface area contributed by atoms with Crippen LogP contribution in [-0.4, -0.2) is 38.5 Å². The lowest BCUT2D eigenvalue weighted by atomic mass is 9.71. The predicted octanol–water partition coefficient (Wildman–Crippen LogP) is 1.86. The summed E-state index contributed by atoms with van der Waals surface area (Å²) in [5, 5.41) is 15.1. The van der Waals surface area contributed by atoms with Crippen molar-refractivity contribution in [2.75, 3.05) is 13.1 Å². The second-order valence-corrected chi connectivity index (χ2v) is 6.44. The van der Waals surface area contributed by atoms with Gasteiger partial charge in [-0.1, -0.05) is 12.8 Å². The zero-order valence-corrected chi connectivity index (χ0v) is 12.1. The Balaban J connectivity index is 1.66. The molecule has 1 aliphatic heterocycles. The van der Waals surface area contributed by atoms with Gasteiger partial charge in [-0.25, -0.2) is 0 Å². The molecule has 0 spiro atoms. The van der Waals surface area contributed by atoms with Crippen LogP contribution in [0.25, 0.3) is 0 Å². The van der Waals surface area contributed by atoms with E-state index >= 15 is 0 Å². The monoisotopic (exact) mass is 263 g/mol. The van der Waals surface area contributed by atoms with E-state index in [4.69, 9.17) is 0 Å². The van der Waals surface area contributed by atoms with E-state index < -0.39 is 0 Å². The van der Waals surface area contributed by atoms with Gasteiger partial charge in [0.25, 0.3) is 0 Å².